The third-order valence-electron chi connectivity index (χ3n) is 4.70. The predicted molar refractivity (Wildman–Crippen MR) is 96.0 cm³/mol. The molecule has 1 amide bonds. The molecule has 0 unspecified atom stereocenters. The number of ether oxygens (including phenoxy) is 1. The first-order valence-corrected chi connectivity index (χ1v) is 9.25. The maximum atomic E-state index is 13.4. The molecule has 1 aliphatic heterocycles. The van der Waals surface area contributed by atoms with Crippen LogP contribution in [0, 0.1) is 0 Å². The fourth-order valence-electron chi connectivity index (χ4n) is 3.25. The Bertz CT molecular complexity index is 723. The molecule has 1 aromatic heterocycles. The van der Waals surface area contributed by atoms with Crippen molar-refractivity contribution in [2.45, 2.75) is 38.1 Å². The van der Waals surface area contributed by atoms with Gasteiger partial charge in [-0.15, -0.1) is 0 Å². The molecule has 0 N–H and O–H groups in total. The number of hydrogen-bond acceptors (Lipinski definition) is 5. The van der Waals surface area contributed by atoms with Gasteiger partial charge in [0.05, 0.1) is 12.0 Å². The van der Waals surface area contributed by atoms with Crippen molar-refractivity contribution in [2.75, 3.05) is 20.3 Å². The lowest BCUT2D eigenvalue weighted by atomic mass is 9.73. The molecule has 0 radical (unpaired) electrons. The molecule has 3 rings (SSSR count). The third-order valence-corrected chi connectivity index (χ3v) is 5.23. The van der Waals surface area contributed by atoms with Crippen molar-refractivity contribution in [3.05, 3.63) is 46.0 Å². The lowest BCUT2D eigenvalue weighted by Gasteiger charge is -2.38. The van der Waals surface area contributed by atoms with Crippen molar-refractivity contribution in [3.8, 4) is 0 Å². The van der Waals surface area contributed by atoms with E-state index < -0.39 is 5.41 Å². The summed E-state index contributed by atoms with van der Waals surface area (Å²) in [7, 11) is 1.79. The molecule has 25 heavy (non-hydrogen) atoms. The molecule has 1 aromatic carbocycles. The van der Waals surface area contributed by atoms with Gasteiger partial charge in [0.1, 0.15) is 0 Å². The second-order valence-corrected chi connectivity index (χ2v) is 7.24. The molecule has 6 nitrogen and oxygen atoms in total. The molecule has 2 heterocycles. The van der Waals surface area contributed by atoms with E-state index in [0.29, 0.717) is 50.7 Å². The first-order valence-electron chi connectivity index (χ1n) is 8.46. The van der Waals surface area contributed by atoms with Crippen molar-refractivity contribution in [1.29, 1.82) is 0 Å². The van der Waals surface area contributed by atoms with Crippen LogP contribution in [-0.4, -0.2) is 41.2 Å². The monoisotopic (exact) mass is 407 g/mol. The summed E-state index contributed by atoms with van der Waals surface area (Å²) in [4.78, 5) is 19.3. The Kier molecular flexibility index (Phi) is 5.54. The summed E-state index contributed by atoms with van der Waals surface area (Å²) >= 11 is 3.46. The minimum Gasteiger partial charge on any atom is -0.381 e. The molecular formula is C18H22BrN3O3. The number of likely N-dealkylation sites (N-methyl/N-ethyl adjacent to an activating group) is 1. The third kappa shape index (κ3) is 3.77. The van der Waals surface area contributed by atoms with Gasteiger partial charge in [-0.3, -0.25) is 4.79 Å². The number of aryl methyl sites for hydroxylation is 1. The summed E-state index contributed by atoms with van der Waals surface area (Å²) in [5.41, 5.74) is 0.456. The predicted octanol–water partition coefficient (Wildman–Crippen LogP) is 3.10. The van der Waals surface area contributed by atoms with Crippen molar-refractivity contribution >= 4 is 21.8 Å². The molecule has 7 heteroatoms. The number of carbonyl (C=O) groups is 1. The molecule has 0 spiro atoms. The number of nitrogens with zero attached hydrogens (tertiary/aromatic N) is 3. The van der Waals surface area contributed by atoms with Crippen molar-refractivity contribution in [3.63, 3.8) is 0 Å². The van der Waals surface area contributed by atoms with Gasteiger partial charge >= 0.3 is 0 Å². The first kappa shape index (κ1) is 18.1. The Morgan fingerprint density at radius 3 is 2.56 bits per heavy atom. The fourth-order valence-corrected chi connectivity index (χ4v) is 3.52. The summed E-state index contributed by atoms with van der Waals surface area (Å²) in [6.45, 7) is 3.44. The van der Waals surface area contributed by atoms with E-state index in [1.54, 1.807) is 11.9 Å². The molecule has 0 bridgehead atoms. The Morgan fingerprint density at radius 1 is 1.28 bits per heavy atom. The fraction of sp³-hybridized carbons (Fsp3) is 0.500. The number of benzene rings is 1. The lowest BCUT2D eigenvalue weighted by molar-refractivity contribution is -0.140. The Labute approximate surface area is 155 Å². The molecule has 2 aromatic rings. The van der Waals surface area contributed by atoms with Crippen LogP contribution < -0.4 is 0 Å². The van der Waals surface area contributed by atoms with E-state index in [1.807, 2.05) is 31.2 Å². The summed E-state index contributed by atoms with van der Waals surface area (Å²) in [6, 6.07) is 7.99. The zero-order valence-electron chi connectivity index (χ0n) is 14.5. The van der Waals surface area contributed by atoms with E-state index in [9.17, 15) is 4.79 Å². The number of aromatic nitrogens is 2. The number of hydrogen-bond donors (Lipinski definition) is 0. The van der Waals surface area contributed by atoms with Gasteiger partial charge in [-0.05, 0) is 30.5 Å². The van der Waals surface area contributed by atoms with E-state index >= 15 is 0 Å². The SMILES string of the molecule is CCc1noc(CN(C)C(=O)C2(c3ccc(Br)cc3)CCOCC2)n1. The molecule has 0 aliphatic carbocycles. The highest BCUT2D eigenvalue weighted by Gasteiger charge is 2.43. The average Bonchev–Trinajstić information content (AvgIpc) is 3.09. The van der Waals surface area contributed by atoms with Gasteiger partial charge in [0, 0.05) is 31.2 Å². The highest BCUT2D eigenvalue weighted by atomic mass is 79.9. The highest BCUT2D eigenvalue weighted by molar-refractivity contribution is 9.10. The second-order valence-electron chi connectivity index (χ2n) is 6.32. The molecule has 1 aliphatic rings. The molecule has 134 valence electrons. The van der Waals surface area contributed by atoms with Crippen LogP contribution >= 0.6 is 15.9 Å². The van der Waals surface area contributed by atoms with Crippen LogP contribution in [0.15, 0.2) is 33.3 Å². The van der Waals surface area contributed by atoms with Crippen LogP contribution in [0.3, 0.4) is 0 Å². The smallest absolute Gasteiger partial charge is 0.246 e. The minimum atomic E-state index is -0.568. The van der Waals surface area contributed by atoms with E-state index in [-0.39, 0.29) is 5.91 Å². The van der Waals surface area contributed by atoms with Crippen molar-refractivity contribution in [1.82, 2.24) is 15.0 Å². The van der Waals surface area contributed by atoms with Gasteiger partial charge in [-0.2, -0.15) is 4.98 Å². The van der Waals surface area contributed by atoms with Crippen molar-refractivity contribution < 1.29 is 14.1 Å². The van der Waals surface area contributed by atoms with E-state index in [0.717, 1.165) is 10.0 Å². The van der Waals surface area contributed by atoms with Crippen LogP contribution in [0.25, 0.3) is 0 Å². The topological polar surface area (TPSA) is 68.5 Å². The number of rotatable bonds is 5. The number of carbonyl (C=O) groups excluding carboxylic acids is 1. The summed E-state index contributed by atoms with van der Waals surface area (Å²) in [5.74, 6) is 1.18. The molecule has 0 saturated carbocycles. The maximum Gasteiger partial charge on any atom is 0.246 e. The summed E-state index contributed by atoms with van der Waals surface area (Å²) in [5, 5.41) is 3.90. The second kappa shape index (κ2) is 7.66. The zero-order valence-corrected chi connectivity index (χ0v) is 16.1. The largest absolute Gasteiger partial charge is 0.381 e. The van der Waals surface area contributed by atoms with Gasteiger partial charge in [0.25, 0.3) is 0 Å². The Hall–Kier alpha value is -1.73. The summed E-state index contributed by atoms with van der Waals surface area (Å²) in [6.07, 6.45) is 2.05. The first-order chi connectivity index (χ1) is 12.0. The normalized spacial score (nSPS) is 16.6. The molecule has 0 atom stereocenters. The standard InChI is InChI=1S/C18H22BrN3O3/c1-3-15-20-16(25-21-15)12-22(2)17(23)18(8-10-24-11-9-18)13-4-6-14(19)7-5-13/h4-7H,3,8-12H2,1-2H3. The number of amides is 1. The van der Waals surface area contributed by atoms with Crippen LogP contribution in [0.1, 0.15) is 37.0 Å². The number of halogens is 1. The van der Waals surface area contributed by atoms with Crippen LogP contribution in [0.4, 0.5) is 0 Å². The van der Waals surface area contributed by atoms with Crippen molar-refractivity contribution in [2.24, 2.45) is 0 Å². The zero-order chi connectivity index (χ0) is 17.9. The van der Waals surface area contributed by atoms with Gasteiger partial charge in [-0.25, -0.2) is 0 Å². The van der Waals surface area contributed by atoms with E-state index in [1.165, 1.54) is 0 Å². The van der Waals surface area contributed by atoms with Gasteiger partial charge in [0.15, 0.2) is 5.82 Å². The van der Waals surface area contributed by atoms with E-state index in [2.05, 4.69) is 26.1 Å². The molecular weight excluding hydrogens is 386 g/mol. The Morgan fingerprint density at radius 2 is 1.96 bits per heavy atom. The van der Waals surface area contributed by atoms with Gasteiger partial charge in [-0.1, -0.05) is 40.1 Å². The Balaban J connectivity index is 1.84. The molecule has 1 fully saturated rings. The summed E-state index contributed by atoms with van der Waals surface area (Å²) < 4.78 is 11.7. The average molecular weight is 408 g/mol. The van der Waals surface area contributed by atoms with Crippen LogP contribution in [0.5, 0.6) is 0 Å². The van der Waals surface area contributed by atoms with Gasteiger partial charge in [0.2, 0.25) is 11.8 Å². The lowest BCUT2D eigenvalue weighted by Crippen LogP contribution is -2.48. The molecule has 1 saturated heterocycles. The van der Waals surface area contributed by atoms with Crippen LogP contribution in [-0.2, 0) is 27.9 Å². The van der Waals surface area contributed by atoms with Gasteiger partial charge < -0.3 is 14.2 Å². The van der Waals surface area contributed by atoms with Crippen LogP contribution in [0.2, 0.25) is 0 Å². The quantitative estimate of drug-likeness (QED) is 0.761. The highest BCUT2D eigenvalue weighted by Crippen LogP contribution is 2.37. The maximum absolute atomic E-state index is 13.4. The minimum absolute atomic E-state index is 0.0642. The van der Waals surface area contributed by atoms with E-state index in [4.69, 9.17) is 9.26 Å².